The molecule has 0 aliphatic rings. The summed E-state index contributed by atoms with van der Waals surface area (Å²) in [4.78, 5) is 12.0. The molecule has 2 aromatic heterocycles. The van der Waals surface area contributed by atoms with E-state index in [2.05, 4.69) is 5.16 Å². The molecule has 2 rings (SSSR count). The van der Waals surface area contributed by atoms with E-state index in [-0.39, 0.29) is 5.69 Å². The maximum Gasteiger partial charge on any atom is 0.271 e. The molecule has 14 heavy (non-hydrogen) atoms. The molecule has 0 atom stereocenters. The van der Waals surface area contributed by atoms with Gasteiger partial charge in [0, 0.05) is 4.88 Å². The second-order valence-electron chi connectivity index (χ2n) is 2.80. The minimum Gasteiger partial charge on any atom is -0.364 e. The number of amides is 1. The standard InChI is InChI=1S/C9H8N2O2S/c1-5-7(6-3-2-4-14-6)8(9(10)12)11-13-5/h2-4H,1H3,(H2,10,12). The Morgan fingerprint density at radius 1 is 1.64 bits per heavy atom. The van der Waals surface area contributed by atoms with Crippen LogP contribution in [0.15, 0.2) is 22.0 Å². The predicted octanol–water partition coefficient (Wildman–Crippen LogP) is 1.81. The Labute approximate surface area is 84.3 Å². The van der Waals surface area contributed by atoms with Crippen LogP contribution < -0.4 is 5.73 Å². The normalized spacial score (nSPS) is 10.4. The van der Waals surface area contributed by atoms with Gasteiger partial charge >= 0.3 is 0 Å². The van der Waals surface area contributed by atoms with Gasteiger partial charge in [0.1, 0.15) is 5.76 Å². The summed E-state index contributed by atoms with van der Waals surface area (Å²) in [7, 11) is 0. The molecule has 0 radical (unpaired) electrons. The Morgan fingerprint density at radius 2 is 2.43 bits per heavy atom. The summed E-state index contributed by atoms with van der Waals surface area (Å²) in [5.41, 5.74) is 6.08. The lowest BCUT2D eigenvalue weighted by atomic mass is 10.1. The van der Waals surface area contributed by atoms with Crippen molar-refractivity contribution in [1.29, 1.82) is 0 Å². The number of aryl methyl sites for hydroxylation is 1. The Hall–Kier alpha value is -1.62. The van der Waals surface area contributed by atoms with Crippen LogP contribution in [-0.2, 0) is 0 Å². The summed E-state index contributed by atoms with van der Waals surface area (Å²) in [6.45, 7) is 1.76. The number of hydrogen-bond donors (Lipinski definition) is 1. The first-order chi connectivity index (χ1) is 6.70. The van der Waals surface area contributed by atoms with E-state index < -0.39 is 5.91 Å². The average molecular weight is 208 g/mol. The molecule has 72 valence electrons. The van der Waals surface area contributed by atoms with E-state index in [0.29, 0.717) is 11.3 Å². The van der Waals surface area contributed by atoms with Gasteiger partial charge in [0.25, 0.3) is 5.91 Å². The molecule has 0 fully saturated rings. The zero-order valence-corrected chi connectivity index (χ0v) is 8.30. The van der Waals surface area contributed by atoms with Crippen molar-refractivity contribution in [3.63, 3.8) is 0 Å². The minimum absolute atomic E-state index is 0.199. The molecule has 0 spiro atoms. The summed E-state index contributed by atoms with van der Waals surface area (Å²) in [5.74, 6) is 0.0477. The number of carbonyl (C=O) groups excluding carboxylic acids is 1. The van der Waals surface area contributed by atoms with Crippen molar-refractivity contribution in [2.75, 3.05) is 0 Å². The molecule has 0 aliphatic heterocycles. The van der Waals surface area contributed by atoms with Crippen molar-refractivity contribution in [1.82, 2.24) is 5.16 Å². The monoisotopic (exact) mass is 208 g/mol. The lowest BCUT2D eigenvalue weighted by Gasteiger charge is -1.94. The van der Waals surface area contributed by atoms with Crippen molar-refractivity contribution < 1.29 is 9.32 Å². The molecule has 1 amide bonds. The van der Waals surface area contributed by atoms with Crippen LogP contribution in [0.4, 0.5) is 0 Å². The van der Waals surface area contributed by atoms with Crippen LogP contribution in [0.1, 0.15) is 16.2 Å². The molecule has 5 heteroatoms. The number of primary amides is 1. The Balaban J connectivity index is 2.62. The highest BCUT2D eigenvalue weighted by molar-refractivity contribution is 7.13. The van der Waals surface area contributed by atoms with Crippen LogP contribution in [0.25, 0.3) is 10.4 Å². The molecule has 0 aromatic carbocycles. The maximum absolute atomic E-state index is 11.0. The van der Waals surface area contributed by atoms with Gasteiger partial charge in [0.15, 0.2) is 5.69 Å². The molecule has 0 saturated carbocycles. The first-order valence-corrected chi connectivity index (χ1v) is 4.88. The van der Waals surface area contributed by atoms with Crippen LogP contribution >= 0.6 is 11.3 Å². The summed E-state index contributed by atoms with van der Waals surface area (Å²) in [6, 6.07) is 3.80. The summed E-state index contributed by atoms with van der Waals surface area (Å²) in [5, 5.41) is 5.55. The van der Waals surface area contributed by atoms with Crippen LogP contribution in [0.5, 0.6) is 0 Å². The maximum atomic E-state index is 11.0. The highest BCUT2D eigenvalue weighted by Gasteiger charge is 2.19. The third kappa shape index (κ3) is 1.31. The Bertz CT molecular complexity index is 459. The predicted molar refractivity (Wildman–Crippen MR) is 53.1 cm³/mol. The molecular formula is C9H8N2O2S. The molecule has 2 heterocycles. The lowest BCUT2D eigenvalue weighted by molar-refractivity contribution is 0.0992. The highest BCUT2D eigenvalue weighted by atomic mass is 32.1. The average Bonchev–Trinajstić information content (AvgIpc) is 2.71. The number of nitrogens with two attached hydrogens (primary N) is 1. The molecule has 2 N–H and O–H groups in total. The second kappa shape index (κ2) is 3.26. The van der Waals surface area contributed by atoms with Crippen molar-refractivity contribution in [2.24, 2.45) is 5.73 Å². The molecule has 0 unspecified atom stereocenters. The van der Waals surface area contributed by atoms with Gasteiger partial charge in [-0.1, -0.05) is 11.2 Å². The topological polar surface area (TPSA) is 69.1 Å². The fraction of sp³-hybridized carbons (Fsp3) is 0.111. The van der Waals surface area contributed by atoms with Crippen LogP contribution in [-0.4, -0.2) is 11.1 Å². The van der Waals surface area contributed by atoms with Crippen molar-refractivity contribution in [2.45, 2.75) is 6.92 Å². The van der Waals surface area contributed by atoms with Gasteiger partial charge in [-0.2, -0.15) is 0 Å². The first kappa shape index (κ1) is 8.96. The van der Waals surface area contributed by atoms with E-state index in [1.54, 1.807) is 6.92 Å². The van der Waals surface area contributed by atoms with Gasteiger partial charge in [0.2, 0.25) is 0 Å². The molecular weight excluding hydrogens is 200 g/mol. The molecule has 0 aliphatic carbocycles. The van der Waals surface area contributed by atoms with Crippen LogP contribution in [0.2, 0.25) is 0 Å². The van der Waals surface area contributed by atoms with Gasteiger partial charge in [-0.05, 0) is 18.4 Å². The summed E-state index contributed by atoms with van der Waals surface area (Å²) < 4.78 is 4.94. The van der Waals surface area contributed by atoms with Gasteiger partial charge in [-0.15, -0.1) is 11.3 Å². The van der Waals surface area contributed by atoms with Crippen molar-refractivity contribution >= 4 is 17.2 Å². The lowest BCUT2D eigenvalue weighted by Crippen LogP contribution is -2.12. The molecule has 0 saturated heterocycles. The number of aromatic nitrogens is 1. The van der Waals surface area contributed by atoms with Crippen molar-refractivity contribution in [3.8, 4) is 10.4 Å². The quantitative estimate of drug-likeness (QED) is 0.818. The summed E-state index contributed by atoms with van der Waals surface area (Å²) >= 11 is 1.52. The van der Waals surface area contributed by atoms with Gasteiger partial charge in [-0.25, -0.2) is 0 Å². The third-order valence-corrected chi connectivity index (χ3v) is 2.75. The molecule has 2 aromatic rings. The van der Waals surface area contributed by atoms with E-state index in [1.165, 1.54) is 11.3 Å². The van der Waals surface area contributed by atoms with Crippen LogP contribution in [0.3, 0.4) is 0 Å². The highest BCUT2D eigenvalue weighted by Crippen LogP contribution is 2.30. The van der Waals surface area contributed by atoms with E-state index in [9.17, 15) is 4.79 Å². The molecule has 0 bridgehead atoms. The van der Waals surface area contributed by atoms with Gasteiger partial charge in [-0.3, -0.25) is 4.79 Å². The van der Waals surface area contributed by atoms with Crippen LogP contribution in [0, 0.1) is 6.92 Å². The smallest absolute Gasteiger partial charge is 0.271 e. The first-order valence-electron chi connectivity index (χ1n) is 4.00. The van der Waals surface area contributed by atoms with E-state index in [1.807, 2.05) is 17.5 Å². The Morgan fingerprint density at radius 3 is 3.00 bits per heavy atom. The number of nitrogens with zero attached hydrogens (tertiary/aromatic N) is 1. The fourth-order valence-electron chi connectivity index (χ4n) is 1.25. The van der Waals surface area contributed by atoms with Gasteiger partial charge in [0.05, 0.1) is 5.56 Å². The largest absolute Gasteiger partial charge is 0.364 e. The Kier molecular flexibility index (Phi) is 2.09. The van der Waals surface area contributed by atoms with E-state index in [0.717, 1.165) is 4.88 Å². The number of carbonyl (C=O) groups is 1. The third-order valence-electron chi connectivity index (χ3n) is 1.86. The number of rotatable bonds is 2. The zero-order valence-electron chi connectivity index (χ0n) is 7.48. The fourth-order valence-corrected chi connectivity index (χ4v) is 2.07. The van der Waals surface area contributed by atoms with E-state index >= 15 is 0 Å². The SMILES string of the molecule is Cc1onc(C(N)=O)c1-c1cccs1. The summed E-state index contributed by atoms with van der Waals surface area (Å²) in [6.07, 6.45) is 0. The van der Waals surface area contributed by atoms with Crippen molar-refractivity contribution in [3.05, 3.63) is 29.0 Å². The number of thiophene rings is 1. The molecule has 4 nitrogen and oxygen atoms in total. The minimum atomic E-state index is -0.565. The second-order valence-corrected chi connectivity index (χ2v) is 3.75. The zero-order chi connectivity index (χ0) is 10.1. The van der Waals surface area contributed by atoms with E-state index in [4.69, 9.17) is 10.3 Å². The number of hydrogen-bond acceptors (Lipinski definition) is 4. The van der Waals surface area contributed by atoms with Gasteiger partial charge < -0.3 is 10.3 Å².